The minimum Gasteiger partial charge on any atom is -0.494 e. The summed E-state index contributed by atoms with van der Waals surface area (Å²) < 4.78 is 5.59. The molecule has 0 unspecified atom stereocenters. The van der Waals surface area contributed by atoms with Crippen molar-refractivity contribution in [2.45, 2.75) is 38.7 Å². The fraction of sp³-hybridized carbons (Fsp3) is 0.611. The Bertz CT molecular complexity index is 555. The van der Waals surface area contributed by atoms with Crippen LogP contribution in [0.2, 0.25) is 0 Å². The SMILES string of the molecule is CCOc1ccccc1CC(=O)N1C[C@@H](C)[C@](O)(C2CC2)C1. The summed E-state index contributed by atoms with van der Waals surface area (Å²) in [7, 11) is 0. The number of para-hydroxylation sites is 1. The molecular weight excluding hydrogens is 278 g/mol. The van der Waals surface area contributed by atoms with Gasteiger partial charge in [0, 0.05) is 24.6 Å². The van der Waals surface area contributed by atoms with Gasteiger partial charge in [0.15, 0.2) is 0 Å². The number of β-amino-alcohol motifs (C(OH)–C–C–N with tert-alkyl or cyclic N) is 1. The fourth-order valence-corrected chi connectivity index (χ4v) is 3.54. The van der Waals surface area contributed by atoms with Crippen LogP contribution in [0.15, 0.2) is 24.3 Å². The average molecular weight is 303 g/mol. The average Bonchev–Trinajstić information content (AvgIpc) is 3.29. The third-order valence-corrected chi connectivity index (χ3v) is 5.04. The van der Waals surface area contributed by atoms with Gasteiger partial charge in [0.25, 0.3) is 0 Å². The lowest BCUT2D eigenvalue weighted by Gasteiger charge is -2.26. The first-order chi connectivity index (χ1) is 10.5. The van der Waals surface area contributed by atoms with Gasteiger partial charge < -0.3 is 14.7 Å². The maximum Gasteiger partial charge on any atom is 0.227 e. The van der Waals surface area contributed by atoms with Crippen molar-refractivity contribution in [1.29, 1.82) is 0 Å². The largest absolute Gasteiger partial charge is 0.494 e. The highest BCUT2D eigenvalue weighted by molar-refractivity contribution is 5.80. The highest BCUT2D eigenvalue weighted by Crippen LogP contribution is 2.47. The third-order valence-electron chi connectivity index (χ3n) is 5.04. The highest BCUT2D eigenvalue weighted by atomic mass is 16.5. The van der Waals surface area contributed by atoms with E-state index in [1.165, 1.54) is 0 Å². The molecule has 1 N–H and O–H groups in total. The van der Waals surface area contributed by atoms with Gasteiger partial charge >= 0.3 is 0 Å². The van der Waals surface area contributed by atoms with Crippen molar-refractivity contribution < 1.29 is 14.6 Å². The molecule has 2 atom stereocenters. The zero-order chi connectivity index (χ0) is 15.7. The predicted octanol–water partition coefficient (Wildman–Crippen LogP) is 2.25. The van der Waals surface area contributed by atoms with Crippen LogP contribution in [0, 0.1) is 11.8 Å². The van der Waals surface area contributed by atoms with Crippen LogP contribution in [0.3, 0.4) is 0 Å². The molecule has 1 aliphatic heterocycles. The number of likely N-dealkylation sites (tertiary alicyclic amines) is 1. The van der Waals surface area contributed by atoms with Gasteiger partial charge in [-0.3, -0.25) is 4.79 Å². The van der Waals surface area contributed by atoms with Crippen molar-refractivity contribution >= 4 is 5.91 Å². The summed E-state index contributed by atoms with van der Waals surface area (Å²) in [6, 6.07) is 7.69. The summed E-state index contributed by atoms with van der Waals surface area (Å²) >= 11 is 0. The summed E-state index contributed by atoms with van der Waals surface area (Å²) in [5, 5.41) is 10.8. The Morgan fingerprint density at radius 2 is 2.14 bits per heavy atom. The summed E-state index contributed by atoms with van der Waals surface area (Å²) in [4.78, 5) is 14.4. The lowest BCUT2D eigenvalue weighted by molar-refractivity contribution is -0.130. The number of benzene rings is 1. The third kappa shape index (κ3) is 2.84. The molecule has 1 saturated carbocycles. The second-order valence-corrected chi connectivity index (χ2v) is 6.66. The number of carbonyl (C=O) groups excluding carboxylic acids is 1. The number of amides is 1. The first kappa shape index (κ1) is 15.3. The summed E-state index contributed by atoms with van der Waals surface area (Å²) in [6.45, 7) is 5.72. The van der Waals surface area contributed by atoms with E-state index < -0.39 is 5.60 Å². The van der Waals surface area contributed by atoms with Gasteiger partial charge in [0.05, 0.1) is 18.6 Å². The number of aliphatic hydroxyl groups is 1. The number of nitrogens with zero attached hydrogens (tertiary/aromatic N) is 1. The summed E-state index contributed by atoms with van der Waals surface area (Å²) in [5.41, 5.74) is 0.249. The van der Waals surface area contributed by atoms with Crippen molar-refractivity contribution in [3.8, 4) is 5.75 Å². The Labute approximate surface area is 132 Å². The first-order valence-corrected chi connectivity index (χ1v) is 8.25. The smallest absolute Gasteiger partial charge is 0.227 e. The van der Waals surface area contributed by atoms with Crippen LogP contribution in [0.5, 0.6) is 5.75 Å². The Hall–Kier alpha value is -1.55. The van der Waals surface area contributed by atoms with E-state index in [0.29, 0.717) is 32.0 Å². The molecule has 0 radical (unpaired) electrons. The van der Waals surface area contributed by atoms with E-state index in [1.807, 2.05) is 36.1 Å². The van der Waals surface area contributed by atoms with Crippen molar-refractivity contribution in [2.75, 3.05) is 19.7 Å². The van der Waals surface area contributed by atoms with Crippen LogP contribution in [-0.4, -0.2) is 41.2 Å². The van der Waals surface area contributed by atoms with Crippen LogP contribution in [-0.2, 0) is 11.2 Å². The lowest BCUT2D eigenvalue weighted by Crippen LogP contribution is -2.40. The topological polar surface area (TPSA) is 49.8 Å². The molecule has 120 valence electrons. The first-order valence-electron chi connectivity index (χ1n) is 8.25. The highest BCUT2D eigenvalue weighted by Gasteiger charge is 2.53. The Morgan fingerprint density at radius 1 is 1.41 bits per heavy atom. The molecular formula is C18H25NO3. The molecule has 1 aromatic rings. The lowest BCUT2D eigenvalue weighted by atomic mass is 9.88. The van der Waals surface area contributed by atoms with Gasteiger partial charge in [0.1, 0.15) is 5.75 Å². The maximum atomic E-state index is 12.6. The monoisotopic (exact) mass is 303 g/mol. The quantitative estimate of drug-likeness (QED) is 0.907. The van der Waals surface area contributed by atoms with E-state index in [1.54, 1.807) is 0 Å². The molecule has 1 aromatic carbocycles. The van der Waals surface area contributed by atoms with E-state index in [-0.39, 0.29) is 11.8 Å². The van der Waals surface area contributed by atoms with Gasteiger partial charge in [-0.15, -0.1) is 0 Å². The fourth-order valence-electron chi connectivity index (χ4n) is 3.54. The van der Waals surface area contributed by atoms with Gasteiger partial charge in [-0.1, -0.05) is 25.1 Å². The van der Waals surface area contributed by atoms with Crippen molar-refractivity contribution in [1.82, 2.24) is 4.90 Å². The van der Waals surface area contributed by atoms with E-state index in [0.717, 1.165) is 24.2 Å². The second kappa shape index (κ2) is 5.92. The molecule has 3 rings (SSSR count). The summed E-state index contributed by atoms with van der Waals surface area (Å²) in [6.07, 6.45) is 2.52. The van der Waals surface area contributed by atoms with Crippen LogP contribution >= 0.6 is 0 Å². The molecule has 0 spiro atoms. The van der Waals surface area contributed by atoms with E-state index in [9.17, 15) is 9.90 Å². The zero-order valence-electron chi connectivity index (χ0n) is 13.4. The number of ether oxygens (including phenoxy) is 1. The van der Waals surface area contributed by atoms with Gasteiger partial charge in [-0.25, -0.2) is 0 Å². The molecule has 2 fully saturated rings. The number of hydrogen-bond donors (Lipinski definition) is 1. The zero-order valence-corrected chi connectivity index (χ0v) is 13.4. The van der Waals surface area contributed by atoms with Crippen LogP contribution in [0.4, 0.5) is 0 Å². The van der Waals surface area contributed by atoms with E-state index in [4.69, 9.17) is 4.74 Å². The molecule has 1 aliphatic carbocycles. The normalized spacial score (nSPS) is 28.0. The Kier molecular flexibility index (Phi) is 4.13. The summed E-state index contributed by atoms with van der Waals surface area (Å²) in [5.74, 6) is 1.40. The standard InChI is InChI=1S/C18H25NO3/c1-3-22-16-7-5-4-6-14(16)10-17(20)19-11-13(2)18(21,12-19)15-8-9-15/h4-7,13,15,21H,3,8-12H2,1-2H3/t13-,18+/m1/s1. The molecule has 0 aromatic heterocycles. The molecule has 0 bridgehead atoms. The molecule has 22 heavy (non-hydrogen) atoms. The maximum absolute atomic E-state index is 12.6. The van der Waals surface area contributed by atoms with Crippen molar-refractivity contribution in [2.24, 2.45) is 11.8 Å². The van der Waals surface area contributed by atoms with Crippen molar-refractivity contribution in [3.63, 3.8) is 0 Å². The molecule has 4 heteroatoms. The molecule has 1 heterocycles. The van der Waals surface area contributed by atoms with Crippen LogP contribution < -0.4 is 4.74 Å². The van der Waals surface area contributed by atoms with Crippen molar-refractivity contribution in [3.05, 3.63) is 29.8 Å². The second-order valence-electron chi connectivity index (χ2n) is 6.66. The molecule has 4 nitrogen and oxygen atoms in total. The Morgan fingerprint density at radius 3 is 2.82 bits per heavy atom. The van der Waals surface area contributed by atoms with E-state index >= 15 is 0 Å². The molecule has 1 amide bonds. The van der Waals surface area contributed by atoms with Crippen LogP contribution in [0.1, 0.15) is 32.3 Å². The van der Waals surface area contributed by atoms with Gasteiger partial charge in [0.2, 0.25) is 5.91 Å². The Balaban J connectivity index is 1.68. The minimum atomic E-state index is -0.672. The van der Waals surface area contributed by atoms with E-state index in [2.05, 4.69) is 6.92 Å². The van der Waals surface area contributed by atoms with Crippen LogP contribution in [0.25, 0.3) is 0 Å². The number of rotatable bonds is 5. The van der Waals surface area contributed by atoms with Gasteiger partial charge in [-0.2, -0.15) is 0 Å². The number of carbonyl (C=O) groups is 1. The van der Waals surface area contributed by atoms with Gasteiger partial charge in [-0.05, 0) is 31.7 Å². The molecule has 2 aliphatic rings. The molecule has 1 saturated heterocycles. The minimum absolute atomic E-state index is 0.0792. The predicted molar refractivity (Wildman–Crippen MR) is 84.7 cm³/mol. The number of hydrogen-bond acceptors (Lipinski definition) is 3.